The summed E-state index contributed by atoms with van der Waals surface area (Å²) < 4.78 is 5.58. The molecule has 0 amide bonds. The molecule has 2 aliphatic rings. The molecule has 1 saturated heterocycles. The zero-order valence-electron chi connectivity index (χ0n) is 7.55. The molecular weight excluding hydrogens is 152 g/mol. The van der Waals surface area contributed by atoms with Crippen LogP contribution < -0.4 is 0 Å². The molecule has 2 nitrogen and oxygen atoms in total. The van der Waals surface area contributed by atoms with Crippen molar-refractivity contribution in [3.63, 3.8) is 0 Å². The lowest BCUT2D eigenvalue weighted by atomic mass is 9.83. The second kappa shape index (κ2) is 2.57. The van der Waals surface area contributed by atoms with Gasteiger partial charge in [0, 0.05) is 0 Å². The number of aliphatic hydroxyl groups excluding tert-OH is 1. The van der Waals surface area contributed by atoms with Gasteiger partial charge in [-0.1, -0.05) is 19.4 Å². The van der Waals surface area contributed by atoms with Crippen molar-refractivity contribution in [1.82, 2.24) is 0 Å². The quantitative estimate of drug-likeness (QED) is 0.502. The Bertz CT molecular complexity index is 212. The van der Waals surface area contributed by atoms with E-state index < -0.39 is 6.10 Å². The first kappa shape index (κ1) is 8.27. The Labute approximate surface area is 73.2 Å². The number of aliphatic hydroxyl groups is 1. The van der Waals surface area contributed by atoms with Crippen LogP contribution in [0.25, 0.3) is 0 Å². The second-order valence-corrected chi connectivity index (χ2v) is 4.06. The largest absolute Gasteiger partial charge is 0.386 e. The molecule has 3 atom stereocenters. The third kappa shape index (κ3) is 1.02. The lowest BCUT2D eigenvalue weighted by molar-refractivity contribution is 0.0954. The fraction of sp³-hybridized carbons (Fsp3) is 0.800. The van der Waals surface area contributed by atoms with Crippen LogP contribution in [0.15, 0.2) is 12.2 Å². The number of fused-ring (bicyclic) bond motifs is 1. The van der Waals surface area contributed by atoms with Crippen molar-refractivity contribution in [3.05, 3.63) is 12.2 Å². The van der Waals surface area contributed by atoms with Crippen LogP contribution >= 0.6 is 0 Å². The van der Waals surface area contributed by atoms with Crippen LogP contribution in [0.5, 0.6) is 0 Å². The lowest BCUT2D eigenvalue weighted by Gasteiger charge is -2.22. The first-order valence-electron chi connectivity index (χ1n) is 4.68. The molecule has 2 fully saturated rings. The smallest absolute Gasteiger partial charge is 0.124 e. The van der Waals surface area contributed by atoms with Crippen molar-refractivity contribution in [1.29, 1.82) is 0 Å². The van der Waals surface area contributed by atoms with Crippen molar-refractivity contribution in [2.24, 2.45) is 0 Å². The average molecular weight is 168 g/mol. The maximum atomic E-state index is 9.83. The fourth-order valence-electron chi connectivity index (χ4n) is 2.28. The molecule has 2 heteroatoms. The summed E-state index contributed by atoms with van der Waals surface area (Å²) in [5.41, 5.74) is 0.615. The van der Waals surface area contributed by atoms with Crippen molar-refractivity contribution >= 4 is 0 Å². The van der Waals surface area contributed by atoms with E-state index in [1.807, 2.05) is 6.92 Å². The van der Waals surface area contributed by atoms with Crippen LogP contribution in [0.3, 0.4) is 0 Å². The summed E-state index contributed by atoms with van der Waals surface area (Å²) in [6.07, 6.45) is 4.42. The number of hydrogen-bond donors (Lipinski definition) is 1. The number of rotatable bonds is 2. The van der Waals surface area contributed by atoms with Crippen molar-refractivity contribution in [3.8, 4) is 0 Å². The number of ether oxygens (including phenoxy) is 1. The molecule has 1 saturated carbocycles. The van der Waals surface area contributed by atoms with E-state index in [-0.39, 0.29) is 5.60 Å². The fourth-order valence-corrected chi connectivity index (χ4v) is 2.28. The summed E-state index contributed by atoms with van der Waals surface area (Å²) in [6.45, 7) is 5.64. The van der Waals surface area contributed by atoms with Crippen LogP contribution in [0, 0.1) is 0 Å². The predicted octanol–water partition coefficient (Wildman–Crippen LogP) is 1.64. The Morgan fingerprint density at radius 3 is 3.00 bits per heavy atom. The standard InChI is InChI=1S/C10H16O2/c1-7(2)9(11)10-6-4-3-5-8(10)12-10/h8-9,11H,1,3-6H2,2H3/t8?,9-,10?/m0/s1. The summed E-state index contributed by atoms with van der Waals surface area (Å²) >= 11 is 0. The van der Waals surface area contributed by atoms with Gasteiger partial charge in [-0.2, -0.15) is 0 Å². The molecule has 0 aromatic carbocycles. The van der Waals surface area contributed by atoms with Gasteiger partial charge in [0.1, 0.15) is 11.7 Å². The van der Waals surface area contributed by atoms with E-state index >= 15 is 0 Å². The van der Waals surface area contributed by atoms with Crippen LogP contribution in [-0.2, 0) is 4.74 Å². The highest BCUT2D eigenvalue weighted by Gasteiger charge is 2.61. The molecule has 2 unspecified atom stereocenters. The second-order valence-electron chi connectivity index (χ2n) is 4.06. The number of hydrogen-bond acceptors (Lipinski definition) is 2. The minimum atomic E-state index is -0.442. The van der Waals surface area contributed by atoms with E-state index in [1.165, 1.54) is 12.8 Å². The van der Waals surface area contributed by atoms with Gasteiger partial charge in [0.15, 0.2) is 0 Å². The highest BCUT2D eigenvalue weighted by molar-refractivity contribution is 5.18. The van der Waals surface area contributed by atoms with Gasteiger partial charge in [0.05, 0.1) is 6.10 Å². The zero-order valence-corrected chi connectivity index (χ0v) is 7.55. The van der Waals surface area contributed by atoms with E-state index in [0.29, 0.717) is 6.10 Å². The van der Waals surface area contributed by atoms with Gasteiger partial charge in [0.2, 0.25) is 0 Å². The van der Waals surface area contributed by atoms with E-state index in [9.17, 15) is 5.11 Å². The summed E-state index contributed by atoms with van der Waals surface area (Å²) in [5, 5.41) is 9.83. The van der Waals surface area contributed by atoms with Gasteiger partial charge in [-0.05, 0) is 25.3 Å². The first-order chi connectivity index (χ1) is 5.67. The normalized spacial score (nSPS) is 41.7. The minimum absolute atomic E-state index is 0.218. The lowest BCUT2D eigenvalue weighted by Crippen LogP contribution is -2.34. The van der Waals surface area contributed by atoms with Gasteiger partial charge in [-0.3, -0.25) is 0 Å². The van der Waals surface area contributed by atoms with Crippen LogP contribution in [0.4, 0.5) is 0 Å². The van der Waals surface area contributed by atoms with Crippen molar-refractivity contribution in [2.75, 3.05) is 0 Å². The summed E-state index contributed by atoms with van der Waals surface area (Å²) in [7, 11) is 0. The number of epoxide rings is 1. The maximum Gasteiger partial charge on any atom is 0.124 e. The van der Waals surface area contributed by atoms with Gasteiger partial charge < -0.3 is 9.84 Å². The third-order valence-electron chi connectivity index (χ3n) is 3.06. The Balaban J connectivity index is 2.08. The molecule has 68 valence electrons. The summed E-state index contributed by atoms with van der Waals surface area (Å²) in [6, 6.07) is 0. The van der Waals surface area contributed by atoms with Crippen LogP contribution in [-0.4, -0.2) is 22.9 Å². The minimum Gasteiger partial charge on any atom is -0.386 e. The summed E-state index contributed by atoms with van der Waals surface area (Å²) in [5.74, 6) is 0. The molecule has 0 aromatic heterocycles. The molecular formula is C10H16O2. The van der Waals surface area contributed by atoms with E-state index in [2.05, 4.69) is 6.58 Å². The molecule has 1 aliphatic heterocycles. The summed E-state index contributed by atoms with van der Waals surface area (Å²) in [4.78, 5) is 0. The predicted molar refractivity (Wildman–Crippen MR) is 46.9 cm³/mol. The van der Waals surface area contributed by atoms with E-state index in [4.69, 9.17) is 4.74 Å². The first-order valence-corrected chi connectivity index (χ1v) is 4.68. The Morgan fingerprint density at radius 2 is 2.42 bits per heavy atom. The Hall–Kier alpha value is -0.340. The molecule has 0 radical (unpaired) electrons. The molecule has 0 spiro atoms. The van der Waals surface area contributed by atoms with Crippen molar-refractivity contribution in [2.45, 2.75) is 50.4 Å². The Kier molecular flexibility index (Phi) is 1.77. The van der Waals surface area contributed by atoms with Crippen LogP contribution in [0.1, 0.15) is 32.6 Å². The molecule has 2 rings (SSSR count). The van der Waals surface area contributed by atoms with E-state index in [1.54, 1.807) is 0 Å². The third-order valence-corrected chi connectivity index (χ3v) is 3.06. The van der Waals surface area contributed by atoms with Crippen LogP contribution in [0.2, 0.25) is 0 Å². The molecule has 1 N–H and O–H groups in total. The molecule has 0 aromatic rings. The van der Waals surface area contributed by atoms with Gasteiger partial charge >= 0.3 is 0 Å². The van der Waals surface area contributed by atoms with Gasteiger partial charge in [-0.25, -0.2) is 0 Å². The molecule has 12 heavy (non-hydrogen) atoms. The van der Waals surface area contributed by atoms with Crippen molar-refractivity contribution < 1.29 is 9.84 Å². The Morgan fingerprint density at radius 1 is 1.67 bits per heavy atom. The monoisotopic (exact) mass is 168 g/mol. The average Bonchev–Trinajstić information content (AvgIpc) is 2.77. The van der Waals surface area contributed by atoms with Gasteiger partial charge in [-0.15, -0.1) is 0 Å². The molecule has 1 heterocycles. The topological polar surface area (TPSA) is 32.8 Å². The zero-order chi connectivity index (χ0) is 8.77. The SMILES string of the molecule is C=C(C)[C@H](O)C12CCCCC1O2. The maximum absolute atomic E-state index is 9.83. The van der Waals surface area contributed by atoms with E-state index in [0.717, 1.165) is 18.4 Å². The highest BCUT2D eigenvalue weighted by Crippen LogP contribution is 2.51. The van der Waals surface area contributed by atoms with Gasteiger partial charge in [0.25, 0.3) is 0 Å². The molecule has 1 aliphatic carbocycles. The molecule has 0 bridgehead atoms. The highest BCUT2D eigenvalue weighted by atomic mass is 16.6.